The van der Waals surface area contributed by atoms with Gasteiger partial charge >= 0.3 is 0 Å². The standard InChI is InChI=1S/C32H28N4O6S/c1-2-42-26-17-15-24(16-18-26)33-30(37)21-43-27-13-8-12-25(20-27)34-32(39)28(35-31(38)22-9-4-3-5-10-22)19-23-11-6-7-14-29(23)36(40)41/h3-20H,2,21H2,1H3,(H,33,37)(H,34,39)(H,35,38)/b28-19+. The van der Waals surface area contributed by atoms with Gasteiger partial charge in [-0.25, -0.2) is 0 Å². The zero-order valence-electron chi connectivity index (χ0n) is 23.1. The molecule has 43 heavy (non-hydrogen) atoms. The number of ether oxygens (including phenoxy) is 1. The molecule has 0 aliphatic carbocycles. The first-order chi connectivity index (χ1) is 20.8. The lowest BCUT2D eigenvalue weighted by atomic mass is 10.1. The summed E-state index contributed by atoms with van der Waals surface area (Å²) in [6, 6.07) is 28.1. The summed E-state index contributed by atoms with van der Waals surface area (Å²) >= 11 is 1.28. The minimum absolute atomic E-state index is 0.126. The highest BCUT2D eigenvalue weighted by molar-refractivity contribution is 8.00. The van der Waals surface area contributed by atoms with Crippen molar-refractivity contribution in [2.24, 2.45) is 0 Å². The third-order valence-corrected chi connectivity index (χ3v) is 6.87. The fraction of sp³-hybridized carbons (Fsp3) is 0.0938. The highest BCUT2D eigenvalue weighted by Gasteiger charge is 2.18. The minimum Gasteiger partial charge on any atom is -0.494 e. The normalized spacial score (nSPS) is 10.9. The number of carbonyl (C=O) groups is 3. The van der Waals surface area contributed by atoms with E-state index in [0.717, 1.165) is 4.90 Å². The van der Waals surface area contributed by atoms with Gasteiger partial charge in [0.15, 0.2) is 0 Å². The Hall–Kier alpha value is -5.42. The van der Waals surface area contributed by atoms with Gasteiger partial charge in [0.2, 0.25) is 5.91 Å². The van der Waals surface area contributed by atoms with Crippen LogP contribution in [0.3, 0.4) is 0 Å². The number of nitrogens with one attached hydrogen (secondary N) is 3. The van der Waals surface area contributed by atoms with Crippen molar-refractivity contribution in [3.05, 3.63) is 130 Å². The molecule has 3 N–H and O–H groups in total. The molecule has 4 rings (SSSR count). The monoisotopic (exact) mass is 596 g/mol. The molecule has 0 heterocycles. The van der Waals surface area contributed by atoms with Crippen molar-refractivity contribution < 1.29 is 24.0 Å². The molecular weight excluding hydrogens is 568 g/mol. The number of amides is 3. The van der Waals surface area contributed by atoms with Crippen molar-refractivity contribution in [1.82, 2.24) is 5.32 Å². The van der Waals surface area contributed by atoms with Crippen LogP contribution in [0.4, 0.5) is 17.1 Å². The smallest absolute Gasteiger partial charge is 0.276 e. The van der Waals surface area contributed by atoms with Crippen molar-refractivity contribution in [2.45, 2.75) is 11.8 Å². The molecule has 0 atom stereocenters. The maximum Gasteiger partial charge on any atom is 0.276 e. The average Bonchev–Trinajstić information content (AvgIpc) is 3.01. The number of anilines is 2. The van der Waals surface area contributed by atoms with Crippen molar-refractivity contribution >= 4 is 52.6 Å². The number of para-hydroxylation sites is 1. The summed E-state index contributed by atoms with van der Waals surface area (Å²) in [6.45, 7) is 2.45. The number of benzene rings is 4. The predicted molar refractivity (Wildman–Crippen MR) is 167 cm³/mol. The summed E-state index contributed by atoms with van der Waals surface area (Å²) in [5.41, 5.74) is 1.11. The Morgan fingerprint density at radius 2 is 1.58 bits per heavy atom. The molecule has 0 aliphatic heterocycles. The number of nitrogens with zero attached hydrogens (tertiary/aromatic N) is 1. The summed E-state index contributed by atoms with van der Waals surface area (Å²) in [4.78, 5) is 50.4. The van der Waals surface area contributed by atoms with E-state index in [1.54, 1.807) is 84.9 Å². The summed E-state index contributed by atoms with van der Waals surface area (Å²) < 4.78 is 5.41. The Morgan fingerprint density at radius 1 is 0.860 bits per heavy atom. The number of hydrogen-bond acceptors (Lipinski definition) is 7. The first-order valence-electron chi connectivity index (χ1n) is 13.2. The molecule has 0 radical (unpaired) electrons. The molecule has 0 saturated heterocycles. The van der Waals surface area contributed by atoms with E-state index in [0.29, 0.717) is 29.3 Å². The molecule has 0 saturated carbocycles. The Kier molecular flexibility index (Phi) is 10.6. The third kappa shape index (κ3) is 9.03. The molecule has 11 heteroatoms. The van der Waals surface area contributed by atoms with Gasteiger partial charge < -0.3 is 20.7 Å². The molecule has 4 aromatic rings. The van der Waals surface area contributed by atoms with Gasteiger partial charge in [-0.1, -0.05) is 36.4 Å². The van der Waals surface area contributed by atoms with Gasteiger partial charge in [-0.3, -0.25) is 24.5 Å². The fourth-order valence-electron chi connectivity index (χ4n) is 3.88. The van der Waals surface area contributed by atoms with Crippen LogP contribution >= 0.6 is 11.8 Å². The van der Waals surface area contributed by atoms with Gasteiger partial charge in [-0.05, 0) is 73.7 Å². The number of nitro groups is 1. The van der Waals surface area contributed by atoms with Crippen LogP contribution in [-0.4, -0.2) is 35.0 Å². The molecule has 218 valence electrons. The first kappa shape index (κ1) is 30.5. The molecule has 0 spiro atoms. The molecule has 10 nitrogen and oxygen atoms in total. The Morgan fingerprint density at radius 3 is 2.30 bits per heavy atom. The number of hydrogen-bond donors (Lipinski definition) is 3. The van der Waals surface area contributed by atoms with Crippen molar-refractivity contribution in [1.29, 1.82) is 0 Å². The van der Waals surface area contributed by atoms with Crippen LogP contribution in [-0.2, 0) is 9.59 Å². The van der Waals surface area contributed by atoms with Crippen LogP contribution in [0.5, 0.6) is 5.75 Å². The maximum absolute atomic E-state index is 13.4. The largest absolute Gasteiger partial charge is 0.494 e. The number of thioether (sulfide) groups is 1. The summed E-state index contributed by atoms with van der Waals surface area (Å²) in [6.07, 6.45) is 1.26. The highest BCUT2D eigenvalue weighted by atomic mass is 32.2. The molecule has 3 amide bonds. The van der Waals surface area contributed by atoms with E-state index >= 15 is 0 Å². The molecule has 0 fully saturated rings. The molecule has 0 aliphatic rings. The van der Waals surface area contributed by atoms with Crippen LogP contribution < -0.4 is 20.7 Å². The van der Waals surface area contributed by atoms with Gasteiger partial charge in [0.25, 0.3) is 17.5 Å². The predicted octanol–water partition coefficient (Wildman–Crippen LogP) is 6.13. The van der Waals surface area contributed by atoms with Crippen LogP contribution in [0.25, 0.3) is 6.08 Å². The molecule has 0 bridgehead atoms. The maximum atomic E-state index is 13.4. The Bertz CT molecular complexity index is 1640. The highest BCUT2D eigenvalue weighted by Crippen LogP contribution is 2.24. The molecule has 4 aromatic carbocycles. The lowest BCUT2D eigenvalue weighted by Gasteiger charge is -2.12. The molecular formula is C32H28N4O6S. The van der Waals surface area contributed by atoms with E-state index in [4.69, 9.17) is 4.74 Å². The van der Waals surface area contributed by atoms with Crippen molar-refractivity contribution in [2.75, 3.05) is 23.0 Å². The summed E-state index contributed by atoms with van der Waals surface area (Å²) in [5, 5.41) is 19.7. The number of rotatable bonds is 12. The Labute approximate surface area is 252 Å². The SMILES string of the molecule is CCOc1ccc(NC(=O)CSc2cccc(NC(=O)/C(=C\c3ccccc3[N+](=O)[O-])NC(=O)c3ccccc3)c2)cc1. The molecule has 0 unspecified atom stereocenters. The number of nitro benzene ring substituents is 1. The lowest BCUT2D eigenvalue weighted by molar-refractivity contribution is -0.385. The quantitative estimate of drug-likeness (QED) is 0.0773. The fourth-order valence-corrected chi connectivity index (χ4v) is 4.64. The Balaban J connectivity index is 1.46. The van der Waals surface area contributed by atoms with Crippen LogP contribution in [0.15, 0.2) is 114 Å². The second-order valence-corrected chi connectivity index (χ2v) is 10.0. The summed E-state index contributed by atoms with van der Waals surface area (Å²) in [5.74, 6) is -0.600. The first-order valence-corrected chi connectivity index (χ1v) is 14.2. The minimum atomic E-state index is -0.683. The zero-order chi connectivity index (χ0) is 30.6. The number of carbonyl (C=O) groups excluding carboxylic acids is 3. The van der Waals surface area contributed by atoms with Crippen molar-refractivity contribution in [3.8, 4) is 5.75 Å². The van der Waals surface area contributed by atoms with Crippen LogP contribution in [0, 0.1) is 10.1 Å². The van der Waals surface area contributed by atoms with E-state index in [1.165, 1.54) is 36.0 Å². The second-order valence-electron chi connectivity index (χ2n) is 8.97. The average molecular weight is 597 g/mol. The van der Waals surface area contributed by atoms with Gasteiger partial charge in [0, 0.05) is 27.9 Å². The topological polar surface area (TPSA) is 140 Å². The summed E-state index contributed by atoms with van der Waals surface area (Å²) in [7, 11) is 0. The van der Waals surface area contributed by atoms with E-state index in [9.17, 15) is 24.5 Å². The van der Waals surface area contributed by atoms with Gasteiger partial charge in [-0.2, -0.15) is 0 Å². The van der Waals surface area contributed by atoms with E-state index in [-0.39, 0.29) is 28.6 Å². The van der Waals surface area contributed by atoms with Gasteiger partial charge in [-0.15, -0.1) is 11.8 Å². The molecule has 0 aromatic heterocycles. The van der Waals surface area contributed by atoms with E-state index < -0.39 is 16.7 Å². The van der Waals surface area contributed by atoms with E-state index in [1.807, 2.05) is 6.92 Å². The van der Waals surface area contributed by atoms with Crippen molar-refractivity contribution in [3.63, 3.8) is 0 Å². The lowest BCUT2D eigenvalue weighted by Crippen LogP contribution is -2.30. The van der Waals surface area contributed by atoms with E-state index in [2.05, 4.69) is 16.0 Å². The zero-order valence-corrected chi connectivity index (χ0v) is 23.9. The van der Waals surface area contributed by atoms with Crippen LogP contribution in [0.2, 0.25) is 0 Å². The third-order valence-electron chi connectivity index (χ3n) is 5.87. The van der Waals surface area contributed by atoms with Crippen LogP contribution in [0.1, 0.15) is 22.8 Å². The van der Waals surface area contributed by atoms with Gasteiger partial charge in [0.1, 0.15) is 11.4 Å². The second kappa shape index (κ2) is 15.0. The van der Waals surface area contributed by atoms with Gasteiger partial charge in [0.05, 0.1) is 22.8 Å².